The van der Waals surface area contributed by atoms with Gasteiger partial charge in [0, 0.05) is 24.9 Å². The fourth-order valence-corrected chi connectivity index (χ4v) is 2.15. The van der Waals surface area contributed by atoms with Crippen LogP contribution >= 0.6 is 0 Å². The first kappa shape index (κ1) is 10.6. The summed E-state index contributed by atoms with van der Waals surface area (Å²) in [5, 5.41) is 7.62. The maximum Gasteiger partial charge on any atom is 0.0771 e. The highest BCUT2D eigenvalue weighted by molar-refractivity contribution is 5.12. The van der Waals surface area contributed by atoms with E-state index >= 15 is 0 Å². The zero-order chi connectivity index (χ0) is 10.7. The molecule has 1 N–H and O–H groups in total. The maximum absolute atomic E-state index is 5.70. The topological polar surface area (TPSA) is 39.1 Å². The second kappa shape index (κ2) is 4.77. The molecule has 0 bridgehead atoms. The largest absolute Gasteiger partial charge is 0.376 e. The van der Waals surface area contributed by atoms with E-state index in [0.717, 1.165) is 19.6 Å². The Kier molecular flexibility index (Phi) is 3.38. The second-order valence-corrected chi connectivity index (χ2v) is 3.95. The van der Waals surface area contributed by atoms with Crippen LogP contribution in [0.25, 0.3) is 0 Å². The number of likely N-dealkylation sites (N-methyl/N-ethyl adjacent to an activating group) is 1. The lowest BCUT2D eigenvalue weighted by Crippen LogP contribution is -2.28. The third-order valence-corrected chi connectivity index (χ3v) is 2.98. The van der Waals surface area contributed by atoms with Crippen molar-refractivity contribution in [3.63, 3.8) is 0 Å². The lowest BCUT2D eigenvalue weighted by molar-refractivity contribution is 0.0807. The van der Waals surface area contributed by atoms with E-state index in [-0.39, 0.29) is 6.04 Å². The van der Waals surface area contributed by atoms with Crippen LogP contribution in [0.5, 0.6) is 0 Å². The highest BCUT2D eigenvalue weighted by atomic mass is 16.5. The molecule has 2 heterocycles. The average molecular weight is 209 g/mol. The van der Waals surface area contributed by atoms with E-state index in [1.807, 2.05) is 17.9 Å². The molecule has 1 aromatic heterocycles. The molecule has 2 rings (SSSR count). The average Bonchev–Trinajstić information content (AvgIpc) is 2.89. The summed E-state index contributed by atoms with van der Waals surface area (Å²) in [6, 6.07) is 0.285. The summed E-state index contributed by atoms with van der Waals surface area (Å²) >= 11 is 0. The predicted molar refractivity (Wildman–Crippen MR) is 58.7 cm³/mol. The van der Waals surface area contributed by atoms with Gasteiger partial charge in [-0.15, -0.1) is 0 Å². The first-order valence-electron chi connectivity index (χ1n) is 5.66. The van der Waals surface area contributed by atoms with Gasteiger partial charge in [0.05, 0.1) is 18.3 Å². The van der Waals surface area contributed by atoms with Gasteiger partial charge in [0.25, 0.3) is 0 Å². The van der Waals surface area contributed by atoms with Crippen molar-refractivity contribution in [3.05, 3.63) is 18.0 Å². The van der Waals surface area contributed by atoms with Crippen molar-refractivity contribution in [2.24, 2.45) is 0 Å². The molecule has 4 nitrogen and oxygen atoms in total. The molecule has 0 radical (unpaired) electrons. The van der Waals surface area contributed by atoms with Crippen LogP contribution in [0, 0.1) is 0 Å². The summed E-state index contributed by atoms with van der Waals surface area (Å²) < 4.78 is 7.66. The van der Waals surface area contributed by atoms with E-state index in [4.69, 9.17) is 4.74 Å². The summed E-state index contributed by atoms with van der Waals surface area (Å²) in [6.45, 7) is 3.91. The Balaban J connectivity index is 2.10. The molecule has 2 unspecified atom stereocenters. The monoisotopic (exact) mass is 209 g/mol. The van der Waals surface area contributed by atoms with Crippen molar-refractivity contribution >= 4 is 0 Å². The molecule has 1 fully saturated rings. The minimum atomic E-state index is 0.285. The summed E-state index contributed by atoms with van der Waals surface area (Å²) in [6.07, 6.45) is 6.66. The van der Waals surface area contributed by atoms with Crippen LogP contribution in [-0.4, -0.2) is 29.5 Å². The van der Waals surface area contributed by atoms with Gasteiger partial charge < -0.3 is 10.1 Å². The van der Waals surface area contributed by atoms with Crippen molar-refractivity contribution in [3.8, 4) is 0 Å². The van der Waals surface area contributed by atoms with Crippen LogP contribution in [0.4, 0.5) is 0 Å². The van der Waals surface area contributed by atoms with E-state index in [1.165, 1.54) is 12.0 Å². The number of hydrogen-bond donors (Lipinski definition) is 1. The quantitative estimate of drug-likeness (QED) is 0.813. The van der Waals surface area contributed by atoms with Crippen molar-refractivity contribution in [2.75, 3.05) is 13.7 Å². The summed E-state index contributed by atoms with van der Waals surface area (Å²) in [5.41, 5.74) is 1.23. The van der Waals surface area contributed by atoms with Gasteiger partial charge in [-0.25, -0.2) is 0 Å². The molecule has 0 saturated carbocycles. The first-order valence-corrected chi connectivity index (χ1v) is 5.66. The highest BCUT2D eigenvalue weighted by Crippen LogP contribution is 2.26. The van der Waals surface area contributed by atoms with Crippen molar-refractivity contribution in [1.82, 2.24) is 15.1 Å². The Labute approximate surface area is 90.6 Å². The smallest absolute Gasteiger partial charge is 0.0771 e. The van der Waals surface area contributed by atoms with Crippen LogP contribution in [0.2, 0.25) is 0 Å². The van der Waals surface area contributed by atoms with Gasteiger partial charge in [0.2, 0.25) is 0 Å². The molecular weight excluding hydrogens is 190 g/mol. The molecular formula is C11H19N3O. The van der Waals surface area contributed by atoms with Crippen LogP contribution in [0.15, 0.2) is 12.4 Å². The number of aryl methyl sites for hydroxylation is 1. The number of ether oxygens (including phenoxy) is 1. The van der Waals surface area contributed by atoms with Gasteiger partial charge in [-0.05, 0) is 26.8 Å². The van der Waals surface area contributed by atoms with E-state index in [2.05, 4.69) is 23.5 Å². The van der Waals surface area contributed by atoms with Gasteiger partial charge in [-0.1, -0.05) is 0 Å². The number of nitrogens with one attached hydrogen (secondary N) is 1. The molecule has 2 atom stereocenters. The summed E-state index contributed by atoms with van der Waals surface area (Å²) in [7, 11) is 1.98. The van der Waals surface area contributed by atoms with Gasteiger partial charge in [-0.2, -0.15) is 5.10 Å². The molecule has 1 aliphatic rings. The minimum absolute atomic E-state index is 0.285. The Morgan fingerprint density at radius 1 is 1.73 bits per heavy atom. The third-order valence-electron chi connectivity index (χ3n) is 2.98. The Hall–Kier alpha value is -0.870. The fraction of sp³-hybridized carbons (Fsp3) is 0.727. The molecule has 0 aromatic carbocycles. The Morgan fingerprint density at radius 3 is 3.13 bits per heavy atom. The summed E-state index contributed by atoms with van der Waals surface area (Å²) in [4.78, 5) is 0. The molecule has 1 saturated heterocycles. The number of hydrogen-bond acceptors (Lipinski definition) is 3. The predicted octanol–water partition coefficient (Wildman–Crippen LogP) is 1.34. The zero-order valence-corrected chi connectivity index (χ0v) is 9.44. The van der Waals surface area contributed by atoms with Crippen LogP contribution in [0.3, 0.4) is 0 Å². The maximum atomic E-state index is 5.70. The normalized spacial score (nSPS) is 23.2. The number of rotatable bonds is 4. The van der Waals surface area contributed by atoms with Crippen LogP contribution in [0.1, 0.15) is 31.4 Å². The number of aromatic nitrogens is 2. The minimum Gasteiger partial charge on any atom is -0.376 e. The van der Waals surface area contributed by atoms with Gasteiger partial charge in [-0.3, -0.25) is 4.68 Å². The molecule has 1 aromatic rings. The molecule has 4 heteroatoms. The molecule has 1 aliphatic heterocycles. The van der Waals surface area contributed by atoms with E-state index in [1.54, 1.807) is 0 Å². The lowest BCUT2D eigenvalue weighted by atomic mass is 10.0. The zero-order valence-electron chi connectivity index (χ0n) is 9.44. The summed E-state index contributed by atoms with van der Waals surface area (Å²) in [5.74, 6) is 0. The van der Waals surface area contributed by atoms with Crippen LogP contribution in [-0.2, 0) is 11.3 Å². The highest BCUT2D eigenvalue weighted by Gasteiger charge is 2.26. The van der Waals surface area contributed by atoms with Crippen molar-refractivity contribution in [1.29, 1.82) is 0 Å². The standard InChI is InChI=1S/C11H19N3O/c1-3-14-8-9(7-13-14)11(12-2)10-5-4-6-15-10/h7-8,10-12H,3-6H2,1-2H3. The first-order chi connectivity index (χ1) is 7.35. The van der Waals surface area contributed by atoms with Gasteiger partial charge in [0.15, 0.2) is 0 Å². The SMILES string of the molecule is CCn1cc(C(NC)C2CCCO2)cn1. The van der Waals surface area contributed by atoms with Crippen LogP contribution < -0.4 is 5.32 Å². The van der Waals surface area contributed by atoms with Crippen molar-refractivity contribution in [2.45, 2.75) is 38.5 Å². The fourth-order valence-electron chi connectivity index (χ4n) is 2.15. The Bertz CT molecular complexity index is 305. The molecule has 0 amide bonds. The van der Waals surface area contributed by atoms with Crippen molar-refractivity contribution < 1.29 is 4.74 Å². The van der Waals surface area contributed by atoms with E-state index in [9.17, 15) is 0 Å². The molecule has 84 valence electrons. The Morgan fingerprint density at radius 2 is 2.60 bits per heavy atom. The molecule has 0 aliphatic carbocycles. The third kappa shape index (κ3) is 2.21. The molecule has 0 spiro atoms. The van der Waals surface area contributed by atoms with Gasteiger partial charge >= 0.3 is 0 Å². The van der Waals surface area contributed by atoms with E-state index in [0.29, 0.717) is 6.10 Å². The number of nitrogens with zero attached hydrogens (tertiary/aromatic N) is 2. The second-order valence-electron chi connectivity index (χ2n) is 3.95. The molecule has 15 heavy (non-hydrogen) atoms. The lowest BCUT2D eigenvalue weighted by Gasteiger charge is -2.20. The van der Waals surface area contributed by atoms with E-state index < -0.39 is 0 Å². The van der Waals surface area contributed by atoms with Gasteiger partial charge in [0.1, 0.15) is 0 Å².